The van der Waals surface area contributed by atoms with Gasteiger partial charge in [0.2, 0.25) is 5.69 Å². The number of hydrogen-bond acceptors (Lipinski definition) is 7. The number of rotatable bonds is 3. The number of ether oxygens (including phenoxy) is 1. The second-order valence-corrected chi connectivity index (χ2v) is 4.25. The predicted octanol–water partition coefficient (Wildman–Crippen LogP) is 0.228. The maximum Gasteiger partial charge on any atom is 0.337 e. The van der Waals surface area contributed by atoms with Crippen molar-refractivity contribution in [3.63, 3.8) is 0 Å². The minimum atomic E-state index is -0.857. The molecule has 9 heteroatoms. The first-order valence-electron chi connectivity index (χ1n) is 5.88. The summed E-state index contributed by atoms with van der Waals surface area (Å²) in [5, 5.41) is 2.61. The molecule has 2 heterocycles. The van der Waals surface area contributed by atoms with Crippen LogP contribution in [0.1, 0.15) is 5.69 Å². The van der Waals surface area contributed by atoms with E-state index in [2.05, 4.69) is 10.2 Å². The van der Waals surface area contributed by atoms with Crippen molar-refractivity contribution in [3.05, 3.63) is 43.7 Å². The van der Waals surface area contributed by atoms with Crippen molar-refractivity contribution in [3.8, 4) is 11.4 Å². The standard InChI is InChI=1S/C12H13N5O4/c1-6-9(7(21-3)4-5-14-6)17-10(13)8(15-20)11(18)16(2)12(17)19/h4-5H,13H2,1-3H3. The van der Waals surface area contributed by atoms with E-state index in [4.69, 9.17) is 10.5 Å². The lowest BCUT2D eigenvalue weighted by Gasteiger charge is -2.16. The molecule has 0 atom stereocenters. The van der Waals surface area contributed by atoms with Crippen LogP contribution in [0.5, 0.6) is 5.75 Å². The largest absolute Gasteiger partial charge is 0.494 e. The van der Waals surface area contributed by atoms with E-state index in [1.165, 1.54) is 26.4 Å². The fourth-order valence-corrected chi connectivity index (χ4v) is 1.99. The van der Waals surface area contributed by atoms with Crippen LogP contribution in [0.15, 0.2) is 27.0 Å². The Morgan fingerprint density at radius 2 is 2.05 bits per heavy atom. The zero-order valence-electron chi connectivity index (χ0n) is 11.7. The van der Waals surface area contributed by atoms with Gasteiger partial charge in [-0.25, -0.2) is 9.36 Å². The smallest absolute Gasteiger partial charge is 0.337 e. The molecule has 0 saturated carbocycles. The molecule has 0 unspecified atom stereocenters. The lowest BCUT2D eigenvalue weighted by molar-refractivity contribution is 0.411. The van der Waals surface area contributed by atoms with E-state index in [9.17, 15) is 14.5 Å². The van der Waals surface area contributed by atoms with Crippen molar-refractivity contribution in [1.29, 1.82) is 0 Å². The van der Waals surface area contributed by atoms with E-state index in [0.717, 1.165) is 9.13 Å². The Labute approximate surface area is 118 Å². The molecule has 0 bridgehead atoms. The highest BCUT2D eigenvalue weighted by atomic mass is 16.5. The molecule has 2 N–H and O–H groups in total. The first-order chi connectivity index (χ1) is 9.93. The molecule has 0 amide bonds. The Morgan fingerprint density at radius 1 is 1.38 bits per heavy atom. The molecule has 0 aliphatic carbocycles. The molecule has 2 rings (SSSR count). The van der Waals surface area contributed by atoms with Gasteiger partial charge in [-0.3, -0.25) is 14.3 Å². The second-order valence-electron chi connectivity index (χ2n) is 4.25. The average molecular weight is 291 g/mol. The summed E-state index contributed by atoms with van der Waals surface area (Å²) in [6.45, 7) is 1.64. The number of nitrogens with zero attached hydrogens (tertiary/aromatic N) is 4. The van der Waals surface area contributed by atoms with Crippen LogP contribution in [-0.2, 0) is 7.05 Å². The Kier molecular flexibility index (Phi) is 3.57. The van der Waals surface area contributed by atoms with Gasteiger partial charge in [0.15, 0.2) is 0 Å². The van der Waals surface area contributed by atoms with Gasteiger partial charge in [0.25, 0.3) is 5.56 Å². The zero-order chi connectivity index (χ0) is 15.7. The Bertz CT molecular complexity index is 837. The molecule has 0 aliphatic heterocycles. The van der Waals surface area contributed by atoms with Crippen molar-refractivity contribution in [1.82, 2.24) is 14.1 Å². The van der Waals surface area contributed by atoms with Crippen molar-refractivity contribution in [2.75, 3.05) is 12.8 Å². The van der Waals surface area contributed by atoms with Crippen molar-refractivity contribution >= 4 is 11.5 Å². The quantitative estimate of drug-likeness (QED) is 0.808. The summed E-state index contributed by atoms with van der Waals surface area (Å²) in [5.74, 6) is -0.0284. The van der Waals surface area contributed by atoms with Crippen LogP contribution in [0.4, 0.5) is 11.5 Å². The highest BCUT2D eigenvalue weighted by molar-refractivity contribution is 5.62. The number of aromatic nitrogens is 3. The molecule has 110 valence electrons. The number of nitrogens with two attached hydrogens (primary N) is 1. The van der Waals surface area contributed by atoms with Crippen LogP contribution in [0.3, 0.4) is 0 Å². The van der Waals surface area contributed by atoms with Gasteiger partial charge in [0.1, 0.15) is 17.3 Å². The Morgan fingerprint density at radius 3 is 2.62 bits per heavy atom. The molecule has 21 heavy (non-hydrogen) atoms. The summed E-state index contributed by atoms with van der Waals surface area (Å²) < 4.78 is 6.92. The third-order valence-corrected chi connectivity index (χ3v) is 3.07. The maximum absolute atomic E-state index is 12.3. The predicted molar refractivity (Wildman–Crippen MR) is 76.2 cm³/mol. The minimum Gasteiger partial charge on any atom is -0.494 e. The van der Waals surface area contributed by atoms with E-state index in [1.54, 1.807) is 6.92 Å². The molecule has 9 nitrogen and oxygen atoms in total. The first kappa shape index (κ1) is 14.4. The molecule has 0 radical (unpaired) electrons. The number of nitrogen functional groups attached to an aromatic ring is 1. The van der Waals surface area contributed by atoms with Gasteiger partial charge in [-0.2, -0.15) is 0 Å². The van der Waals surface area contributed by atoms with E-state index in [1.807, 2.05) is 0 Å². The van der Waals surface area contributed by atoms with Crippen molar-refractivity contribution in [2.45, 2.75) is 6.92 Å². The van der Waals surface area contributed by atoms with Crippen LogP contribution in [0.25, 0.3) is 5.69 Å². The number of anilines is 1. The van der Waals surface area contributed by atoms with Crippen LogP contribution >= 0.6 is 0 Å². The molecule has 2 aromatic rings. The molecule has 0 fully saturated rings. The first-order valence-corrected chi connectivity index (χ1v) is 5.88. The Hall–Kier alpha value is -2.97. The number of pyridine rings is 1. The van der Waals surface area contributed by atoms with E-state index < -0.39 is 16.9 Å². The lowest BCUT2D eigenvalue weighted by atomic mass is 10.2. The van der Waals surface area contributed by atoms with E-state index in [-0.39, 0.29) is 11.5 Å². The van der Waals surface area contributed by atoms with E-state index in [0.29, 0.717) is 11.4 Å². The summed E-state index contributed by atoms with van der Waals surface area (Å²) in [5.41, 5.74) is 4.34. The summed E-state index contributed by atoms with van der Waals surface area (Å²) >= 11 is 0. The fraction of sp³-hybridized carbons (Fsp3) is 0.250. The van der Waals surface area contributed by atoms with Gasteiger partial charge in [-0.15, -0.1) is 4.91 Å². The van der Waals surface area contributed by atoms with Gasteiger partial charge >= 0.3 is 5.69 Å². The van der Waals surface area contributed by atoms with Crippen molar-refractivity contribution < 1.29 is 4.74 Å². The molecule has 0 aliphatic rings. The third kappa shape index (κ3) is 2.08. The van der Waals surface area contributed by atoms with Gasteiger partial charge in [-0.05, 0) is 12.1 Å². The van der Waals surface area contributed by atoms with Gasteiger partial charge in [0.05, 0.1) is 12.8 Å². The topological polar surface area (TPSA) is 122 Å². The number of nitroso groups, excluding NO2 is 1. The minimum absolute atomic E-state index is 0.253. The van der Waals surface area contributed by atoms with Crippen molar-refractivity contribution in [2.24, 2.45) is 12.2 Å². The molecule has 0 aromatic carbocycles. The average Bonchev–Trinajstić information content (AvgIpc) is 2.47. The summed E-state index contributed by atoms with van der Waals surface area (Å²) in [7, 11) is 2.65. The van der Waals surface area contributed by atoms with Crippen LogP contribution < -0.4 is 21.7 Å². The monoisotopic (exact) mass is 291 g/mol. The highest BCUT2D eigenvalue weighted by Gasteiger charge is 2.21. The van der Waals surface area contributed by atoms with Crippen LogP contribution in [0.2, 0.25) is 0 Å². The molecule has 0 spiro atoms. The summed E-state index contributed by atoms with van der Waals surface area (Å²) in [4.78, 5) is 39.0. The normalized spacial score (nSPS) is 10.4. The molecular weight excluding hydrogens is 278 g/mol. The summed E-state index contributed by atoms with van der Waals surface area (Å²) in [6, 6.07) is 1.54. The molecule has 2 aromatic heterocycles. The van der Waals surface area contributed by atoms with E-state index >= 15 is 0 Å². The molecular formula is C12H13N5O4. The summed E-state index contributed by atoms with van der Waals surface area (Å²) in [6.07, 6.45) is 1.50. The van der Waals surface area contributed by atoms with Gasteiger partial charge in [0, 0.05) is 19.3 Å². The number of aryl methyl sites for hydroxylation is 1. The Balaban J connectivity index is 3.02. The maximum atomic E-state index is 12.3. The van der Waals surface area contributed by atoms with Gasteiger partial charge < -0.3 is 10.5 Å². The molecule has 0 saturated heterocycles. The fourth-order valence-electron chi connectivity index (χ4n) is 1.99. The highest BCUT2D eigenvalue weighted by Crippen LogP contribution is 2.27. The van der Waals surface area contributed by atoms with Gasteiger partial charge in [-0.1, -0.05) is 0 Å². The van der Waals surface area contributed by atoms with Crippen LogP contribution in [0, 0.1) is 11.8 Å². The number of methoxy groups -OCH3 is 1. The second kappa shape index (κ2) is 5.19. The lowest BCUT2D eigenvalue weighted by Crippen LogP contribution is -2.38. The zero-order valence-corrected chi connectivity index (χ0v) is 11.7. The SMILES string of the molecule is COc1ccnc(C)c1-n1c(N)c(N=O)c(=O)n(C)c1=O. The van der Waals surface area contributed by atoms with Crippen LogP contribution in [-0.4, -0.2) is 21.2 Å². The third-order valence-electron chi connectivity index (χ3n) is 3.07. The number of hydrogen-bond donors (Lipinski definition) is 1.